The van der Waals surface area contributed by atoms with E-state index in [0.29, 0.717) is 19.4 Å². The number of anilines is 1. The molecule has 0 saturated heterocycles. The highest BCUT2D eigenvalue weighted by Gasteiger charge is 2.42. The number of aliphatic carboxylic acids is 1. The first-order chi connectivity index (χ1) is 10.1. The molecule has 0 atom stereocenters. The lowest BCUT2D eigenvalue weighted by atomic mass is 9.71. The molecule has 1 aromatic rings. The highest BCUT2D eigenvalue weighted by Crippen LogP contribution is 2.40. The van der Waals surface area contributed by atoms with E-state index in [9.17, 15) is 14.7 Å². The average molecular weight is 289 g/mol. The molecule has 1 aliphatic rings. The fraction of sp³-hybridized carbons (Fsp3) is 0.529. The van der Waals surface area contributed by atoms with Crippen LogP contribution in [0.25, 0.3) is 0 Å². The van der Waals surface area contributed by atoms with Crippen LogP contribution in [0, 0.1) is 5.41 Å². The van der Waals surface area contributed by atoms with Gasteiger partial charge < -0.3 is 10.0 Å². The van der Waals surface area contributed by atoms with E-state index in [1.165, 1.54) is 0 Å². The van der Waals surface area contributed by atoms with E-state index in [1.54, 1.807) is 4.90 Å². The minimum absolute atomic E-state index is 0.0898. The second-order valence-electron chi connectivity index (χ2n) is 5.80. The molecule has 4 heteroatoms. The lowest BCUT2D eigenvalue weighted by molar-refractivity contribution is -0.153. The third-order valence-electron chi connectivity index (χ3n) is 4.44. The highest BCUT2D eigenvalue weighted by atomic mass is 16.4. The van der Waals surface area contributed by atoms with Crippen molar-refractivity contribution in [2.24, 2.45) is 5.41 Å². The summed E-state index contributed by atoms with van der Waals surface area (Å²) in [6.45, 7) is 2.47. The molecule has 114 valence electrons. The lowest BCUT2D eigenvalue weighted by Crippen LogP contribution is -2.41. The number of amides is 1. The van der Waals surface area contributed by atoms with E-state index in [2.05, 4.69) is 0 Å². The largest absolute Gasteiger partial charge is 0.481 e. The van der Waals surface area contributed by atoms with Gasteiger partial charge >= 0.3 is 5.97 Å². The molecule has 0 unspecified atom stereocenters. The van der Waals surface area contributed by atoms with Crippen molar-refractivity contribution >= 4 is 17.6 Å². The van der Waals surface area contributed by atoms with Crippen LogP contribution in [-0.4, -0.2) is 23.5 Å². The van der Waals surface area contributed by atoms with Crippen molar-refractivity contribution in [3.05, 3.63) is 30.3 Å². The fourth-order valence-corrected chi connectivity index (χ4v) is 3.19. The fourth-order valence-electron chi connectivity index (χ4n) is 3.19. The lowest BCUT2D eigenvalue weighted by Gasteiger charge is -2.34. The first-order valence-electron chi connectivity index (χ1n) is 7.68. The Morgan fingerprint density at radius 1 is 1.14 bits per heavy atom. The minimum Gasteiger partial charge on any atom is -0.481 e. The van der Waals surface area contributed by atoms with Gasteiger partial charge in [0.2, 0.25) is 5.91 Å². The molecule has 1 fully saturated rings. The average Bonchev–Trinajstić information content (AvgIpc) is 2.50. The van der Waals surface area contributed by atoms with Crippen molar-refractivity contribution < 1.29 is 14.7 Å². The van der Waals surface area contributed by atoms with Gasteiger partial charge in [-0.05, 0) is 31.9 Å². The maximum atomic E-state index is 12.6. The SMILES string of the molecule is CCN(C(=O)CC1(C(=O)O)CCCCC1)c1ccccc1. The van der Waals surface area contributed by atoms with Crippen LogP contribution >= 0.6 is 0 Å². The number of carboxylic acids is 1. The van der Waals surface area contributed by atoms with Crippen molar-refractivity contribution in [1.82, 2.24) is 0 Å². The van der Waals surface area contributed by atoms with E-state index in [-0.39, 0.29) is 12.3 Å². The second kappa shape index (κ2) is 6.74. The van der Waals surface area contributed by atoms with Gasteiger partial charge in [-0.25, -0.2) is 0 Å². The van der Waals surface area contributed by atoms with Crippen LogP contribution in [0.2, 0.25) is 0 Å². The van der Waals surface area contributed by atoms with E-state index in [0.717, 1.165) is 24.9 Å². The summed E-state index contributed by atoms with van der Waals surface area (Å²) in [5.41, 5.74) is -0.0290. The van der Waals surface area contributed by atoms with Crippen LogP contribution in [0.3, 0.4) is 0 Å². The van der Waals surface area contributed by atoms with Crippen LogP contribution in [0.4, 0.5) is 5.69 Å². The number of carbonyl (C=O) groups excluding carboxylic acids is 1. The number of carbonyl (C=O) groups is 2. The Labute approximate surface area is 125 Å². The standard InChI is InChI=1S/C17H23NO3/c1-2-18(14-9-5-3-6-10-14)15(19)13-17(16(20)21)11-7-4-8-12-17/h3,5-6,9-10H,2,4,7-8,11-13H2,1H3,(H,20,21). The molecule has 1 aliphatic carbocycles. The first-order valence-corrected chi connectivity index (χ1v) is 7.68. The summed E-state index contributed by atoms with van der Waals surface area (Å²) >= 11 is 0. The van der Waals surface area contributed by atoms with Gasteiger partial charge in [0, 0.05) is 18.7 Å². The van der Waals surface area contributed by atoms with E-state index in [1.807, 2.05) is 37.3 Å². The number of para-hydroxylation sites is 1. The van der Waals surface area contributed by atoms with Crippen molar-refractivity contribution in [3.8, 4) is 0 Å². The van der Waals surface area contributed by atoms with Gasteiger partial charge in [0.05, 0.1) is 5.41 Å². The smallest absolute Gasteiger partial charge is 0.310 e. The van der Waals surface area contributed by atoms with E-state index < -0.39 is 11.4 Å². The highest BCUT2D eigenvalue weighted by molar-refractivity contribution is 5.96. The van der Waals surface area contributed by atoms with Crippen molar-refractivity contribution in [1.29, 1.82) is 0 Å². The molecule has 0 spiro atoms. The van der Waals surface area contributed by atoms with Crippen LogP contribution in [0.15, 0.2) is 30.3 Å². The monoisotopic (exact) mass is 289 g/mol. The van der Waals surface area contributed by atoms with Gasteiger partial charge in [-0.2, -0.15) is 0 Å². The molecule has 1 amide bonds. The summed E-state index contributed by atoms with van der Waals surface area (Å²) in [4.78, 5) is 26.0. The quantitative estimate of drug-likeness (QED) is 0.903. The Hall–Kier alpha value is -1.84. The first kappa shape index (κ1) is 15.5. The Morgan fingerprint density at radius 3 is 2.29 bits per heavy atom. The van der Waals surface area contributed by atoms with Crippen LogP contribution in [0.5, 0.6) is 0 Å². The zero-order valence-corrected chi connectivity index (χ0v) is 12.5. The van der Waals surface area contributed by atoms with Gasteiger partial charge in [0.15, 0.2) is 0 Å². The number of hydrogen-bond donors (Lipinski definition) is 1. The molecular formula is C17H23NO3. The number of benzene rings is 1. The van der Waals surface area contributed by atoms with Gasteiger partial charge in [-0.1, -0.05) is 37.5 Å². The second-order valence-corrected chi connectivity index (χ2v) is 5.80. The Morgan fingerprint density at radius 2 is 1.76 bits per heavy atom. The van der Waals surface area contributed by atoms with Gasteiger partial charge in [0.1, 0.15) is 0 Å². The zero-order valence-electron chi connectivity index (χ0n) is 12.5. The molecule has 0 aromatic heterocycles. The van der Waals surface area contributed by atoms with Gasteiger partial charge in [-0.15, -0.1) is 0 Å². The number of nitrogens with zero attached hydrogens (tertiary/aromatic N) is 1. The summed E-state index contributed by atoms with van der Waals surface area (Å²) in [6.07, 6.45) is 4.19. The van der Waals surface area contributed by atoms with E-state index >= 15 is 0 Å². The van der Waals surface area contributed by atoms with Crippen molar-refractivity contribution in [2.75, 3.05) is 11.4 Å². The van der Waals surface area contributed by atoms with Gasteiger partial charge in [-0.3, -0.25) is 9.59 Å². The normalized spacial score (nSPS) is 17.2. The number of hydrogen-bond acceptors (Lipinski definition) is 2. The molecular weight excluding hydrogens is 266 g/mol. The Balaban J connectivity index is 2.16. The summed E-state index contributed by atoms with van der Waals surface area (Å²) in [7, 11) is 0. The molecule has 0 bridgehead atoms. The zero-order chi connectivity index (χ0) is 15.3. The third-order valence-corrected chi connectivity index (χ3v) is 4.44. The molecule has 4 nitrogen and oxygen atoms in total. The molecule has 0 radical (unpaired) electrons. The molecule has 1 saturated carbocycles. The number of rotatable bonds is 5. The predicted molar refractivity (Wildman–Crippen MR) is 82.2 cm³/mol. The third kappa shape index (κ3) is 3.43. The van der Waals surface area contributed by atoms with Crippen LogP contribution in [0.1, 0.15) is 45.4 Å². The Bertz CT molecular complexity index is 492. The maximum Gasteiger partial charge on any atom is 0.310 e. The molecule has 0 aliphatic heterocycles. The summed E-state index contributed by atoms with van der Waals surface area (Å²) in [5.74, 6) is -0.910. The predicted octanol–water partition coefficient (Wildman–Crippen LogP) is 3.46. The summed E-state index contributed by atoms with van der Waals surface area (Å²) < 4.78 is 0. The molecule has 21 heavy (non-hydrogen) atoms. The van der Waals surface area contributed by atoms with Crippen LogP contribution < -0.4 is 4.90 Å². The number of carboxylic acid groups (broad SMARTS) is 1. The topological polar surface area (TPSA) is 57.6 Å². The molecule has 1 aromatic carbocycles. The summed E-state index contributed by atoms with van der Waals surface area (Å²) in [5, 5.41) is 9.59. The molecule has 1 N–H and O–H groups in total. The maximum absolute atomic E-state index is 12.6. The van der Waals surface area contributed by atoms with Gasteiger partial charge in [0.25, 0.3) is 0 Å². The van der Waals surface area contributed by atoms with E-state index in [4.69, 9.17) is 0 Å². The van der Waals surface area contributed by atoms with Crippen molar-refractivity contribution in [2.45, 2.75) is 45.4 Å². The van der Waals surface area contributed by atoms with Crippen LogP contribution in [-0.2, 0) is 9.59 Å². The molecule has 0 heterocycles. The molecule has 2 rings (SSSR count). The Kier molecular flexibility index (Phi) is 4.99. The van der Waals surface area contributed by atoms with Crippen molar-refractivity contribution in [3.63, 3.8) is 0 Å². The minimum atomic E-state index is -0.864. The summed E-state index contributed by atoms with van der Waals surface area (Å²) in [6, 6.07) is 9.45.